The summed E-state index contributed by atoms with van der Waals surface area (Å²) in [6.45, 7) is 1.69. The number of benzene rings is 2. The van der Waals surface area contributed by atoms with Crippen LogP contribution < -0.4 is 5.32 Å². The third-order valence-corrected chi connectivity index (χ3v) is 3.72. The summed E-state index contributed by atoms with van der Waals surface area (Å²) in [5.74, 6) is -1.03. The number of ether oxygens (including phenoxy) is 2. The van der Waals surface area contributed by atoms with E-state index in [1.807, 2.05) is 6.07 Å². The number of anilines is 1. The van der Waals surface area contributed by atoms with E-state index in [4.69, 9.17) is 14.7 Å². The molecule has 11 heteroatoms. The molecule has 0 aromatic heterocycles. The first-order valence-corrected chi connectivity index (χ1v) is 8.55. The quantitative estimate of drug-likeness (QED) is 0.227. The van der Waals surface area contributed by atoms with Gasteiger partial charge in [-0.05, 0) is 24.3 Å². The zero-order valence-corrected chi connectivity index (χ0v) is 16.1. The van der Waals surface area contributed by atoms with Crippen molar-refractivity contribution in [3.8, 4) is 6.07 Å². The summed E-state index contributed by atoms with van der Waals surface area (Å²) in [6.07, 6.45) is 0. The number of nitrogens with zero attached hydrogens (tertiary/aromatic N) is 4. The van der Waals surface area contributed by atoms with Crippen molar-refractivity contribution in [2.45, 2.75) is 6.92 Å². The monoisotopic (exact) mass is 411 g/mol. The fourth-order valence-electron chi connectivity index (χ4n) is 2.33. The van der Waals surface area contributed by atoms with Crippen molar-refractivity contribution >= 4 is 34.7 Å². The van der Waals surface area contributed by atoms with Gasteiger partial charge in [0.2, 0.25) is 0 Å². The van der Waals surface area contributed by atoms with Gasteiger partial charge in [-0.1, -0.05) is 0 Å². The molecule has 0 saturated heterocycles. The Morgan fingerprint density at radius 3 is 2.63 bits per heavy atom. The Kier molecular flexibility index (Phi) is 7.53. The van der Waals surface area contributed by atoms with E-state index in [0.717, 1.165) is 6.07 Å². The highest BCUT2D eigenvalue weighted by atomic mass is 16.6. The van der Waals surface area contributed by atoms with Crippen molar-refractivity contribution in [1.82, 2.24) is 0 Å². The van der Waals surface area contributed by atoms with Gasteiger partial charge in [0, 0.05) is 31.3 Å². The van der Waals surface area contributed by atoms with Gasteiger partial charge in [-0.15, -0.1) is 5.11 Å². The van der Waals surface area contributed by atoms with Gasteiger partial charge < -0.3 is 14.8 Å². The zero-order valence-electron chi connectivity index (χ0n) is 16.1. The minimum absolute atomic E-state index is 0.00935. The number of hydrogen-bond donors (Lipinski definition) is 1. The number of non-ortho nitro benzene ring substituents is 1. The van der Waals surface area contributed by atoms with Crippen LogP contribution >= 0.6 is 0 Å². The molecule has 1 N–H and O–H groups in total. The smallest absolute Gasteiger partial charge is 0.340 e. The van der Waals surface area contributed by atoms with E-state index in [9.17, 15) is 19.7 Å². The average molecular weight is 411 g/mol. The van der Waals surface area contributed by atoms with Gasteiger partial charge in [0.05, 0.1) is 28.8 Å². The SMILES string of the molecule is COC(=O)c1cc(N=Nc2ccc([N+](=O)[O-])cc2C#N)ccc1NCCOC(C)=O. The van der Waals surface area contributed by atoms with E-state index < -0.39 is 16.9 Å². The molecule has 0 radical (unpaired) electrons. The highest BCUT2D eigenvalue weighted by Gasteiger charge is 2.14. The van der Waals surface area contributed by atoms with Gasteiger partial charge in [0.1, 0.15) is 18.4 Å². The number of nitro groups is 1. The molecule has 2 rings (SSSR count). The van der Waals surface area contributed by atoms with E-state index in [1.165, 1.54) is 32.2 Å². The van der Waals surface area contributed by atoms with Crippen LogP contribution in [0.3, 0.4) is 0 Å². The molecule has 0 unspecified atom stereocenters. The highest BCUT2D eigenvalue weighted by molar-refractivity contribution is 5.96. The summed E-state index contributed by atoms with van der Waals surface area (Å²) in [6, 6.07) is 10.0. The molecule has 0 aliphatic heterocycles. The van der Waals surface area contributed by atoms with Crippen LogP contribution in [-0.4, -0.2) is 37.1 Å². The summed E-state index contributed by atoms with van der Waals surface area (Å²) >= 11 is 0. The molecule has 2 aromatic rings. The molecule has 154 valence electrons. The molecule has 0 bridgehead atoms. The summed E-state index contributed by atoms with van der Waals surface area (Å²) in [5, 5.41) is 30.9. The second-order valence-corrected chi connectivity index (χ2v) is 5.76. The van der Waals surface area contributed by atoms with Crippen molar-refractivity contribution < 1.29 is 24.0 Å². The predicted molar refractivity (Wildman–Crippen MR) is 105 cm³/mol. The predicted octanol–water partition coefficient (Wildman–Crippen LogP) is 3.64. The van der Waals surface area contributed by atoms with Gasteiger partial charge in [-0.2, -0.15) is 10.4 Å². The highest BCUT2D eigenvalue weighted by Crippen LogP contribution is 2.28. The number of methoxy groups -OCH3 is 1. The standard InChI is InChI=1S/C19H17N5O6/c1-12(25)30-8-7-21-18-5-3-14(10-16(18)19(26)29-2)22-23-17-6-4-15(24(27)28)9-13(17)11-20/h3-6,9-10,21H,7-8H2,1-2H3. The van der Waals surface area contributed by atoms with Gasteiger partial charge in [-0.3, -0.25) is 14.9 Å². The number of carbonyl (C=O) groups is 2. The molecule has 0 fully saturated rings. The van der Waals surface area contributed by atoms with Crippen LogP contribution in [0.5, 0.6) is 0 Å². The molecular weight excluding hydrogens is 394 g/mol. The maximum Gasteiger partial charge on any atom is 0.340 e. The Morgan fingerprint density at radius 2 is 2.00 bits per heavy atom. The largest absolute Gasteiger partial charge is 0.465 e. The molecule has 0 heterocycles. The first-order chi connectivity index (χ1) is 14.3. The lowest BCUT2D eigenvalue weighted by atomic mass is 10.1. The molecule has 0 spiro atoms. The van der Waals surface area contributed by atoms with Crippen molar-refractivity contribution in [1.29, 1.82) is 5.26 Å². The van der Waals surface area contributed by atoms with Gasteiger partial charge in [-0.25, -0.2) is 4.79 Å². The molecular formula is C19H17N5O6. The lowest BCUT2D eigenvalue weighted by Crippen LogP contribution is -2.14. The number of nitrogens with one attached hydrogen (secondary N) is 1. The van der Waals surface area contributed by atoms with Crippen LogP contribution in [-0.2, 0) is 14.3 Å². The van der Waals surface area contributed by atoms with Crippen LogP contribution in [0.1, 0.15) is 22.8 Å². The maximum atomic E-state index is 12.1. The zero-order chi connectivity index (χ0) is 22.1. The Labute approximate surface area is 171 Å². The number of carbonyl (C=O) groups excluding carboxylic acids is 2. The van der Waals surface area contributed by atoms with Gasteiger partial charge in [0.15, 0.2) is 0 Å². The Bertz CT molecular complexity index is 1040. The molecule has 0 saturated carbocycles. The summed E-state index contributed by atoms with van der Waals surface area (Å²) in [7, 11) is 1.23. The van der Waals surface area contributed by atoms with E-state index in [0.29, 0.717) is 11.4 Å². The van der Waals surface area contributed by atoms with Crippen molar-refractivity contribution in [2.24, 2.45) is 10.2 Å². The van der Waals surface area contributed by atoms with Gasteiger partial charge in [0.25, 0.3) is 5.69 Å². The van der Waals surface area contributed by atoms with Crippen LogP contribution in [0, 0.1) is 21.4 Å². The van der Waals surface area contributed by atoms with Crippen LogP contribution in [0.4, 0.5) is 22.7 Å². The molecule has 0 atom stereocenters. The normalized spacial score (nSPS) is 10.3. The molecule has 0 amide bonds. The van der Waals surface area contributed by atoms with Gasteiger partial charge >= 0.3 is 11.9 Å². The fourth-order valence-corrected chi connectivity index (χ4v) is 2.33. The molecule has 0 aliphatic rings. The maximum absolute atomic E-state index is 12.1. The van der Waals surface area contributed by atoms with E-state index in [-0.39, 0.29) is 35.7 Å². The Morgan fingerprint density at radius 1 is 1.23 bits per heavy atom. The molecule has 0 aliphatic carbocycles. The summed E-state index contributed by atoms with van der Waals surface area (Å²) in [5.41, 5.74) is 0.823. The minimum Gasteiger partial charge on any atom is -0.465 e. The topological polar surface area (TPSA) is 156 Å². The Balaban J connectivity index is 2.26. The lowest BCUT2D eigenvalue weighted by Gasteiger charge is -2.11. The van der Waals surface area contributed by atoms with Crippen LogP contribution in [0.15, 0.2) is 46.6 Å². The lowest BCUT2D eigenvalue weighted by molar-refractivity contribution is -0.384. The number of hydrogen-bond acceptors (Lipinski definition) is 10. The third-order valence-electron chi connectivity index (χ3n) is 3.72. The average Bonchev–Trinajstić information content (AvgIpc) is 2.74. The van der Waals surface area contributed by atoms with E-state index in [1.54, 1.807) is 12.1 Å². The number of esters is 2. The number of azo groups is 1. The number of nitro benzene ring substituents is 1. The van der Waals surface area contributed by atoms with Crippen LogP contribution in [0.2, 0.25) is 0 Å². The minimum atomic E-state index is -0.616. The molecule has 30 heavy (non-hydrogen) atoms. The first kappa shape index (κ1) is 22.0. The van der Waals surface area contributed by atoms with E-state index >= 15 is 0 Å². The second kappa shape index (κ2) is 10.3. The third kappa shape index (κ3) is 5.83. The molecule has 2 aromatic carbocycles. The Hall–Kier alpha value is -4.33. The van der Waals surface area contributed by atoms with Crippen molar-refractivity contribution in [2.75, 3.05) is 25.6 Å². The number of rotatable bonds is 8. The summed E-state index contributed by atoms with van der Waals surface area (Å²) in [4.78, 5) is 33.1. The van der Waals surface area contributed by atoms with Crippen molar-refractivity contribution in [3.63, 3.8) is 0 Å². The molecule has 11 nitrogen and oxygen atoms in total. The van der Waals surface area contributed by atoms with Crippen LogP contribution in [0.25, 0.3) is 0 Å². The van der Waals surface area contributed by atoms with E-state index in [2.05, 4.69) is 15.5 Å². The fraction of sp³-hybridized carbons (Fsp3) is 0.211. The summed E-state index contributed by atoms with van der Waals surface area (Å²) < 4.78 is 9.59. The first-order valence-electron chi connectivity index (χ1n) is 8.55. The second-order valence-electron chi connectivity index (χ2n) is 5.76. The number of nitriles is 1. The van der Waals surface area contributed by atoms with Crippen molar-refractivity contribution in [3.05, 3.63) is 57.6 Å².